The third kappa shape index (κ3) is 5.15. The first-order valence-corrected chi connectivity index (χ1v) is 7.50. The highest BCUT2D eigenvalue weighted by molar-refractivity contribution is 14.0. The van der Waals surface area contributed by atoms with Crippen LogP contribution < -0.4 is 11.1 Å². The molecule has 1 heterocycles. The average molecular weight is 427 g/mol. The number of hydrogen-bond donors (Lipinski definition) is 2. The molecule has 0 unspecified atom stereocenters. The fourth-order valence-corrected chi connectivity index (χ4v) is 2.41. The Labute approximate surface area is 152 Å². The van der Waals surface area contributed by atoms with E-state index < -0.39 is 0 Å². The first-order chi connectivity index (χ1) is 10.6. The highest BCUT2D eigenvalue weighted by Gasteiger charge is 2.23. The number of nitrogens with zero attached hydrogens (tertiary/aromatic N) is 5. The molecule has 7 nitrogen and oxygen atoms in total. The van der Waals surface area contributed by atoms with Crippen molar-refractivity contribution in [3.05, 3.63) is 35.2 Å². The maximum Gasteiger partial charge on any atom is 0.193 e. The van der Waals surface area contributed by atoms with Gasteiger partial charge in [0.25, 0.3) is 0 Å². The zero-order valence-electron chi connectivity index (χ0n) is 13.4. The Bertz CT molecular complexity index is 671. The normalized spacial score (nSPS) is 14.4. The van der Waals surface area contributed by atoms with Gasteiger partial charge in [0.2, 0.25) is 0 Å². The number of hydrogen-bond acceptors (Lipinski definition) is 4. The lowest BCUT2D eigenvalue weighted by Gasteiger charge is -2.08. The fraction of sp³-hybridized carbons (Fsp3) is 0.467. The summed E-state index contributed by atoms with van der Waals surface area (Å²) in [6, 6.07) is 6.18. The van der Waals surface area contributed by atoms with Gasteiger partial charge in [-0.05, 0) is 66.3 Å². The second kappa shape index (κ2) is 7.71. The third-order valence-electron chi connectivity index (χ3n) is 3.62. The van der Waals surface area contributed by atoms with Gasteiger partial charge in [0, 0.05) is 12.2 Å². The van der Waals surface area contributed by atoms with Crippen LogP contribution in [-0.4, -0.2) is 26.2 Å². The Hall–Kier alpha value is -1.71. The summed E-state index contributed by atoms with van der Waals surface area (Å²) < 4.78 is 1.82. The van der Waals surface area contributed by atoms with Crippen LogP contribution in [0, 0.1) is 19.8 Å². The second-order valence-electron chi connectivity index (χ2n) is 5.92. The molecule has 1 aliphatic rings. The summed E-state index contributed by atoms with van der Waals surface area (Å²) in [6.45, 7) is 5.36. The number of benzene rings is 1. The van der Waals surface area contributed by atoms with Crippen molar-refractivity contribution in [3.8, 4) is 0 Å². The van der Waals surface area contributed by atoms with Crippen molar-refractivity contribution in [1.82, 2.24) is 20.2 Å². The molecule has 1 aromatic heterocycles. The molecule has 2 aromatic rings. The van der Waals surface area contributed by atoms with E-state index in [9.17, 15) is 0 Å². The van der Waals surface area contributed by atoms with Gasteiger partial charge in [-0.1, -0.05) is 6.07 Å². The van der Waals surface area contributed by atoms with Gasteiger partial charge < -0.3 is 11.1 Å². The van der Waals surface area contributed by atoms with Crippen molar-refractivity contribution in [2.24, 2.45) is 16.6 Å². The monoisotopic (exact) mass is 427 g/mol. The number of nitrogens with one attached hydrogen (secondary N) is 1. The smallest absolute Gasteiger partial charge is 0.193 e. The van der Waals surface area contributed by atoms with Crippen LogP contribution in [0.5, 0.6) is 0 Å². The average Bonchev–Trinajstić information content (AvgIpc) is 3.13. The Morgan fingerprint density at radius 3 is 2.65 bits per heavy atom. The van der Waals surface area contributed by atoms with E-state index in [4.69, 9.17) is 5.73 Å². The van der Waals surface area contributed by atoms with Crippen LogP contribution in [-0.2, 0) is 13.1 Å². The maximum atomic E-state index is 5.95. The van der Waals surface area contributed by atoms with Crippen molar-refractivity contribution >= 4 is 35.6 Å². The molecule has 23 heavy (non-hydrogen) atoms. The zero-order valence-corrected chi connectivity index (χ0v) is 15.7. The largest absolute Gasteiger partial charge is 0.370 e. The molecule has 1 saturated carbocycles. The van der Waals surface area contributed by atoms with Crippen LogP contribution in [0.15, 0.2) is 23.2 Å². The Balaban J connectivity index is 0.00000192. The molecule has 3 rings (SSSR count). The predicted octanol–water partition coefficient (Wildman–Crippen LogP) is 2.24. The van der Waals surface area contributed by atoms with Gasteiger partial charge in [-0.25, -0.2) is 9.67 Å². The van der Waals surface area contributed by atoms with Crippen molar-refractivity contribution < 1.29 is 0 Å². The number of guanidine groups is 1. The number of rotatable bonds is 5. The van der Waals surface area contributed by atoms with Crippen LogP contribution in [0.25, 0.3) is 0 Å². The summed E-state index contributed by atoms with van der Waals surface area (Å²) in [6.07, 6.45) is 2.53. The molecule has 1 aromatic carbocycles. The molecular weight excluding hydrogens is 405 g/mol. The Morgan fingerprint density at radius 1 is 1.30 bits per heavy atom. The molecule has 0 spiro atoms. The topological polar surface area (TPSA) is 94.0 Å². The lowest BCUT2D eigenvalue weighted by Crippen LogP contribution is -2.23. The molecule has 8 heteroatoms. The number of aromatic nitrogens is 4. The highest BCUT2D eigenvalue weighted by atomic mass is 127. The molecule has 0 radical (unpaired) electrons. The van der Waals surface area contributed by atoms with E-state index in [1.807, 2.05) is 16.8 Å². The third-order valence-corrected chi connectivity index (χ3v) is 3.62. The maximum absolute atomic E-state index is 5.95. The van der Waals surface area contributed by atoms with Gasteiger partial charge >= 0.3 is 0 Å². The van der Waals surface area contributed by atoms with Gasteiger partial charge in [0.05, 0.1) is 0 Å². The van der Waals surface area contributed by atoms with E-state index >= 15 is 0 Å². The molecular formula is C15H22IN7. The number of aryl methyl sites for hydroxylation is 2. The number of aliphatic imine (C=N–C) groups is 1. The Morgan fingerprint density at radius 2 is 2.00 bits per heavy atom. The quantitative estimate of drug-likeness (QED) is 0.434. The number of tetrazole rings is 1. The molecule has 0 saturated heterocycles. The molecule has 3 N–H and O–H groups in total. The molecule has 0 aliphatic heterocycles. The van der Waals surface area contributed by atoms with Gasteiger partial charge in [0.15, 0.2) is 11.8 Å². The van der Waals surface area contributed by atoms with E-state index in [1.54, 1.807) is 0 Å². The summed E-state index contributed by atoms with van der Waals surface area (Å²) in [5, 5.41) is 14.9. The number of nitrogens with two attached hydrogens (primary N) is 1. The molecule has 124 valence electrons. The predicted molar refractivity (Wildman–Crippen MR) is 101 cm³/mol. The summed E-state index contributed by atoms with van der Waals surface area (Å²) >= 11 is 0. The Kier molecular flexibility index (Phi) is 5.91. The van der Waals surface area contributed by atoms with Crippen molar-refractivity contribution in [3.63, 3.8) is 0 Å². The van der Waals surface area contributed by atoms with Crippen LogP contribution in [0.3, 0.4) is 0 Å². The van der Waals surface area contributed by atoms with E-state index in [0.717, 1.165) is 24.0 Å². The highest BCUT2D eigenvalue weighted by Crippen LogP contribution is 2.30. The lowest BCUT2D eigenvalue weighted by atomic mass is 10.1. The van der Waals surface area contributed by atoms with Crippen molar-refractivity contribution in [1.29, 1.82) is 0 Å². The fourth-order valence-electron chi connectivity index (χ4n) is 2.41. The van der Waals surface area contributed by atoms with E-state index in [-0.39, 0.29) is 24.0 Å². The minimum atomic E-state index is 0. The molecule has 0 amide bonds. The molecule has 1 aliphatic carbocycles. The van der Waals surface area contributed by atoms with Gasteiger partial charge in [0.1, 0.15) is 6.54 Å². The van der Waals surface area contributed by atoms with Crippen LogP contribution in [0.1, 0.15) is 29.8 Å². The van der Waals surface area contributed by atoms with E-state index in [1.165, 1.54) is 24.0 Å². The lowest BCUT2D eigenvalue weighted by molar-refractivity contribution is 0.524. The summed E-state index contributed by atoms with van der Waals surface area (Å²) in [5.74, 6) is 1.83. The summed E-state index contributed by atoms with van der Waals surface area (Å²) in [4.78, 5) is 4.33. The minimum absolute atomic E-state index is 0. The van der Waals surface area contributed by atoms with Crippen molar-refractivity contribution in [2.75, 3.05) is 5.32 Å². The molecule has 1 fully saturated rings. The first-order valence-electron chi connectivity index (χ1n) is 7.50. The van der Waals surface area contributed by atoms with Crippen LogP contribution in [0.2, 0.25) is 0 Å². The number of anilines is 1. The summed E-state index contributed by atoms with van der Waals surface area (Å²) in [5.41, 5.74) is 9.26. The van der Waals surface area contributed by atoms with Crippen LogP contribution in [0.4, 0.5) is 5.69 Å². The molecule has 0 atom stereocenters. The standard InChI is InChI=1S/C15H21N7.HI/c1-10-5-11(2)7-13(6-10)18-15(16)17-8-14-19-20-21-22(14)9-12-3-4-12;/h5-7,12H,3-4,8-9H2,1-2H3,(H3,16,17,18);1H. The summed E-state index contributed by atoms with van der Waals surface area (Å²) in [7, 11) is 0. The van der Waals surface area contributed by atoms with Gasteiger partial charge in [-0.2, -0.15) is 0 Å². The van der Waals surface area contributed by atoms with Crippen molar-refractivity contribution in [2.45, 2.75) is 39.8 Å². The SMILES string of the molecule is Cc1cc(C)cc(NC(N)=NCc2nnnn2CC2CC2)c1.I. The van der Waals surface area contributed by atoms with Gasteiger partial charge in [-0.3, -0.25) is 0 Å². The minimum Gasteiger partial charge on any atom is -0.370 e. The first kappa shape index (κ1) is 17.6. The number of halogens is 1. The van der Waals surface area contributed by atoms with Crippen LogP contribution >= 0.6 is 24.0 Å². The zero-order chi connectivity index (χ0) is 15.5. The second-order valence-corrected chi connectivity index (χ2v) is 5.92. The van der Waals surface area contributed by atoms with E-state index in [2.05, 4.69) is 45.7 Å². The van der Waals surface area contributed by atoms with E-state index in [0.29, 0.717) is 12.5 Å². The van der Waals surface area contributed by atoms with Gasteiger partial charge in [-0.15, -0.1) is 29.1 Å². The molecule has 0 bridgehead atoms.